The summed E-state index contributed by atoms with van der Waals surface area (Å²) in [4.78, 5) is 6.43. The maximum absolute atomic E-state index is 9.74. The third-order valence-electron chi connectivity index (χ3n) is 2.58. The Kier molecular flexibility index (Phi) is 4.50. The van der Waals surface area contributed by atoms with Crippen molar-refractivity contribution in [2.24, 2.45) is 4.99 Å². The van der Waals surface area contributed by atoms with Gasteiger partial charge in [-0.3, -0.25) is 0 Å². The van der Waals surface area contributed by atoms with Gasteiger partial charge in [0.2, 0.25) is 0 Å². The van der Waals surface area contributed by atoms with E-state index in [1.54, 1.807) is 0 Å². The first-order chi connectivity index (χ1) is 7.54. The van der Waals surface area contributed by atoms with Crippen LogP contribution in [0, 0.1) is 0 Å². The minimum atomic E-state index is -0.394. The molecular weight excluding hydrogens is 200 g/mol. The molecule has 1 atom stereocenters. The zero-order valence-electron chi connectivity index (χ0n) is 10.4. The fraction of sp³-hybridized carbons (Fsp3) is 0.462. The molecule has 0 amide bonds. The Morgan fingerprint density at radius 2 is 2.12 bits per heavy atom. The molecule has 88 valence electrons. The predicted octanol–water partition coefficient (Wildman–Crippen LogP) is 2.74. The van der Waals surface area contributed by atoms with Gasteiger partial charge in [-0.1, -0.05) is 19.1 Å². The van der Waals surface area contributed by atoms with Gasteiger partial charge in [-0.05, 0) is 31.0 Å². The molecule has 0 aliphatic heterocycles. The van der Waals surface area contributed by atoms with E-state index in [1.807, 2.05) is 57.1 Å². The van der Waals surface area contributed by atoms with Crippen LogP contribution in [0.25, 0.3) is 0 Å². The van der Waals surface area contributed by atoms with Gasteiger partial charge in [0.1, 0.15) is 5.84 Å². The van der Waals surface area contributed by atoms with E-state index >= 15 is 0 Å². The minimum absolute atomic E-state index is 0.394. The highest BCUT2D eigenvalue weighted by Crippen LogP contribution is 2.21. The number of aliphatic imine (C=N–C) groups is 1. The van der Waals surface area contributed by atoms with Gasteiger partial charge < -0.3 is 10.0 Å². The van der Waals surface area contributed by atoms with Crippen LogP contribution in [0.5, 0.6) is 0 Å². The van der Waals surface area contributed by atoms with E-state index in [0.717, 1.165) is 23.5 Å². The molecule has 0 aliphatic carbocycles. The van der Waals surface area contributed by atoms with Gasteiger partial charge in [0.25, 0.3) is 0 Å². The van der Waals surface area contributed by atoms with Crippen LogP contribution in [-0.2, 0) is 0 Å². The fourth-order valence-electron chi connectivity index (χ4n) is 1.32. The fourth-order valence-corrected chi connectivity index (χ4v) is 1.32. The molecule has 0 fully saturated rings. The van der Waals surface area contributed by atoms with Gasteiger partial charge in [-0.25, -0.2) is 4.99 Å². The molecule has 0 saturated carbocycles. The molecule has 3 heteroatoms. The number of hydrogen-bond acceptors (Lipinski definition) is 2. The molecule has 1 rings (SSSR count). The van der Waals surface area contributed by atoms with Crippen LogP contribution >= 0.6 is 0 Å². The highest BCUT2D eigenvalue weighted by Gasteiger charge is 2.04. The van der Waals surface area contributed by atoms with Gasteiger partial charge in [0, 0.05) is 14.1 Å². The number of hydrogen-bond donors (Lipinski definition) is 1. The molecular formula is C13H20N2O. The number of rotatable bonds is 3. The third kappa shape index (κ3) is 3.35. The largest absolute Gasteiger partial charge is 0.388 e. The lowest BCUT2D eigenvalue weighted by Crippen LogP contribution is -2.17. The highest BCUT2D eigenvalue weighted by molar-refractivity contribution is 5.82. The van der Waals surface area contributed by atoms with Crippen molar-refractivity contribution in [1.82, 2.24) is 4.90 Å². The van der Waals surface area contributed by atoms with Gasteiger partial charge >= 0.3 is 0 Å². The Bertz CT molecular complexity index is 372. The van der Waals surface area contributed by atoms with Gasteiger partial charge in [0.05, 0.1) is 11.8 Å². The summed E-state index contributed by atoms with van der Waals surface area (Å²) < 4.78 is 0. The first-order valence-corrected chi connectivity index (χ1v) is 5.55. The molecule has 3 nitrogen and oxygen atoms in total. The molecule has 1 N–H and O–H groups in total. The van der Waals surface area contributed by atoms with E-state index in [-0.39, 0.29) is 0 Å². The molecule has 16 heavy (non-hydrogen) atoms. The predicted molar refractivity (Wildman–Crippen MR) is 68.1 cm³/mol. The van der Waals surface area contributed by atoms with E-state index in [4.69, 9.17) is 0 Å². The Hall–Kier alpha value is -1.35. The SMILES string of the molecule is CCC(O)c1cccc(/N=C(\C)N(C)C)c1. The summed E-state index contributed by atoms with van der Waals surface area (Å²) >= 11 is 0. The number of nitrogens with zero attached hydrogens (tertiary/aromatic N) is 2. The molecule has 0 heterocycles. The van der Waals surface area contributed by atoms with Crippen LogP contribution in [0.15, 0.2) is 29.3 Å². The van der Waals surface area contributed by atoms with Crippen LogP contribution in [0.2, 0.25) is 0 Å². The summed E-state index contributed by atoms with van der Waals surface area (Å²) in [6.07, 6.45) is 0.328. The summed E-state index contributed by atoms with van der Waals surface area (Å²) in [6, 6.07) is 7.73. The van der Waals surface area contributed by atoms with E-state index in [1.165, 1.54) is 0 Å². The smallest absolute Gasteiger partial charge is 0.101 e. The summed E-state index contributed by atoms with van der Waals surface area (Å²) in [5.74, 6) is 0.947. The second-order valence-electron chi connectivity index (χ2n) is 4.07. The van der Waals surface area contributed by atoms with Crippen molar-refractivity contribution in [1.29, 1.82) is 0 Å². The van der Waals surface area contributed by atoms with Gasteiger partial charge in [0.15, 0.2) is 0 Å². The normalized spacial score (nSPS) is 13.7. The Morgan fingerprint density at radius 1 is 1.44 bits per heavy atom. The van der Waals surface area contributed by atoms with E-state index < -0.39 is 6.10 Å². The quantitative estimate of drug-likeness (QED) is 0.628. The molecule has 0 saturated heterocycles. The van der Waals surface area contributed by atoms with E-state index in [0.29, 0.717) is 0 Å². The van der Waals surface area contributed by atoms with Crippen molar-refractivity contribution in [3.8, 4) is 0 Å². The lowest BCUT2D eigenvalue weighted by atomic mass is 10.1. The van der Waals surface area contributed by atoms with Crippen molar-refractivity contribution in [3.05, 3.63) is 29.8 Å². The Balaban J connectivity index is 2.95. The van der Waals surface area contributed by atoms with Crippen LogP contribution < -0.4 is 0 Å². The third-order valence-corrected chi connectivity index (χ3v) is 2.58. The maximum atomic E-state index is 9.74. The van der Waals surface area contributed by atoms with E-state index in [2.05, 4.69) is 4.99 Å². The van der Waals surface area contributed by atoms with Crippen molar-refractivity contribution in [2.45, 2.75) is 26.4 Å². The monoisotopic (exact) mass is 220 g/mol. The number of benzene rings is 1. The zero-order valence-corrected chi connectivity index (χ0v) is 10.4. The molecule has 0 aromatic heterocycles. The molecule has 1 aromatic carbocycles. The number of aliphatic hydroxyl groups excluding tert-OH is 1. The molecule has 1 aromatic rings. The number of aliphatic hydroxyl groups is 1. The summed E-state index contributed by atoms with van der Waals surface area (Å²) in [5, 5.41) is 9.74. The summed E-state index contributed by atoms with van der Waals surface area (Å²) in [6.45, 7) is 3.93. The first-order valence-electron chi connectivity index (χ1n) is 5.55. The lowest BCUT2D eigenvalue weighted by molar-refractivity contribution is 0.174. The second kappa shape index (κ2) is 5.66. The van der Waals surface area contributed by atoms with Crippen molar-refractivity contribution < 1.29 is 5.11 Å². The molecule has 0 spiro atoms. The maximum Gasteiger partial charge on any atom is 0.101 e. The van der Waals surface area contributed by atoms with Gasteiger partial charge in [-0.15, -0.1) is 0 Å². The van der Waals surface area contributed by atoms with Gasteiger partial charge in [-0.2, -0.15) is 0 Å². The average molecular weight is 220 g/mol. The second-order valence-corrected chi connectivity index (χ2v) is 4.07. The molecule has 0 radical (unpaired) electrons. The highest BCUT2D eigenvalue weighted by atomic mass is 16.3. The van der Waals surface area contributed by atoms with Crippen LogP contribution in [0.1, 0.15) is 31.9 Å². The van der Waals surface area contributed by atoms with Crippen LogP contribution in [0.4, 0.5) is 5.69 Å². The Morgan fingerprint density at radius 3 is 2.69 bits per heavy atom. The lowest BCUT2D eigenvalue weighted by Gasteiger charge is -2.12. The van der Waals surface area contributed by atoms with Crippen LogP contribution in [0.3, 0.4) is 0 Å². The number of amidine groups is 1. The zero-order chi connectivity index (χ0) is 12.1. The molecule has 0 bridgehead atoms. The van der Waals surface area contributed by atoms with Crippen molar-refractivity contribution >= 4 is 11.5 Å². The molecule has 1 unspecified atom stereocenters. The Labute approximate surface area is 97.4 Å². The topological polar surface area (TPSA) is 35.8 Å². The molecule has 0 aliphatic rings. The standard InChI is InChI=1S/C13H20N2O/c1-5-13(16)11-7-6-8-12(9-11)14-10(2)15(3)4/h6-9,13,16H,5H2,1-4H3/b14-10+. The van der Waals surface area contributed by atoms with E-state index in [9.17, 15) is 5.11 Å². The summed E-state index contributed by atoms with van der Waals surface area (Å²) in [7, 11) is 3.92. The minimum Gasteiger partial charge on any atom is -0.388 e. The van der Waals surface area contributed by atoms with Crippen molar-refractivity contribution in [3.63, 3.8) is 0 Å². The van der Waals surface area contributed by atoms with Crippen LogP contribution in [-0.4, -0.2) is 29.9 Å². The first kappa shape index (κ1) is 12.7. The summed E-state index contributed by atoms with van der Waals surface area (Å²) in [5.41, 5.74) is 1.81. The average Bonchev–Trinajstić information content (AvgIpc) is 2.28. The van der Waals surface area contributed by atoms with Crippen molar-refractivity contribution in [2.75, 3.05) is 14.1 Å².